The smallest absolute Gasteiger partial charge is 0.130 e. The van der Waals surface area contributed by atoms with Crippen molar-refractivity contribution in [1.82, 2.24) is 0 Å². The minimum Gasteiger partial charge on any atom is -0.311 e. The lowest BCUT2D eigenvalue weighted by Crippen LogP contribution is -2.10. The summed E-state index contributed by atoms with van der Waals surface area (Å²) in [5.74, 6) is 0. The molecule has 0 aromatic heterocycles. The summed E-state index contributed by atoms with van der Waals surface area (Å²) in [5, 5.41) is 18.4. The highest BCUT2D eigenvalue weighted by molar-refractivity contribution is 5.80. The lowest BCUT2D eigenvalue weighted by atomic mass is 9.86. The van der Waals surface area contributed by atoms with Crippen LogP contribution >= 0.6 is 0 Å². The van der Waals surface area contributed by atoms with E-state index in [0.29, 0.717) is 0 Å². The zero-order valence-corrected chi connectivity index (χ0v) is 27.0. The minimum atomic E-state index is 0.0804. The maximum absolute atomic E-state index is 9.19. The zero-order valence-electron chi connectivity index (χ0n) is 27.0. The summed E-state index contributed by atoms with van der Waals surface area (Å²) < 4.78 is 0. The van der Waals surface area contributed by atoms with Crippen LogP contribution < -0.4 is 4.90 Å². The first kappa shape index (κ1) is 31.1. The summed E-state index contributed by atoms with van der Waals surface area (Å²) in [6.07, 6.45) is 1.60. The van der Waals surface area contributed by atoms with Crippen LogP contribution in [-0.4, -0.2) is 0 Å². The van der Waals surface area contributed by atoms with Crippen LogP contribution in [0.1, 0.15) is 58.2 Å². The van der Waals surface area contributed by atoms with Crippen LogP contribution in [0.5, 0.6) is 0 Å². The monoisotopic (exact) mass is 585 g/mol. The summed E-state index contributed by atoms with van der Waals surface area (Å²) in [7, 11) is 0. The van der Waals surface area contributed by atoms with Gasteiger partial charge in [0.15, 0.2) is 0 Å². The maximum Gasteiger partial charge on any atom is 0.130 e. The Balaban J connectivity index is 1.50. The molecule has 0 bridgehead atoms. The van der Waals surface area contributed by atoms with E-state index in [-0.39, 0.29) is 16.4 Å². The van der Waals surface area contributed by atoms with Crippen LogP contribution in [0.15, 0.2) is 127 Å². The van der Waals surface area contributed by atoms with Crippen molar-refractivity contribution >= 4 is 23.1 Å². The van der Waals surface area contributed by atoms with E-state index in [9.17, 15) is 10.5 Å². The second kappa shape index (κ2) is 12.7. The topological polar surface area (TPSA) is 50.8 Å². The van der Waals surface area contributed by atoms with Gasteiger partial charge in [-0.2, -0.15) is 10.5 Å². The number of anilines is 3. The lowest BCUT2D eigenvalue weighted by Gasteiger charge is -2.26. The summed E-state index contributed by atoms with van der Waals surface area (Å²) >= 11 is 0. The summed E-state index contributed by atoms with van der Waals surface area (Å²) in [6, 6.07) is 46.8. The fourth-order valence-electron chi connectivity index (χ4n) is 5.35. The molecule has 222 valence electrons. The maximum atomic E-state index is 9.19. The molecule has 0 saturated heterocycles. The minimum absolute atomic E-state index is 0.0804. The third-order valence-corrected chi connectivity index (χ3v) is 8.12. The zero-order chi connectivity index (χ0) is 32.2. The van der Waals surface area contributed by atoms with Gasteiger partial charge in [-0.15, -0.1) is 0 Å². The standard InChI is InChI=1S/C42H39N3/c1-41(2,3)36-17-9-32(10-18-36)34-13-23-39(24-14-34)45(38-21-7-30(8-22-38)27-31(28-43)29-44)40-25-15-35(16-26-40)33-11-19-37(20-12-33)42(4,5)6/h7-27H,1-6H3. The van der Waals surface area contributed by atoms with Gasteiger partial charge < -0.3 is 4.90 Å². The molecule has 0 fully saturated rings. The second-order valence-corrected chi connectivity index (χ2v) is 13.5. The molecule has 5 rings (SSSR count). The molecule has 5 aromatic carbocycles. The van der Waals surface area contributed by atoms with Gasteiger partial charge in [0.05, 0.1) is 0 Å². The Kier molecular flexibility index (Phi) is 8.76. The molecule has 3 nitrogen and oxygen atoms in total. The molecule has 0 heterocycles. The first-order valence-electron chi connectivity index (χ1n) is 15.3. The molecule has 0 N–H and O–H groups in total. The molecule has 0 unspecified atom stereocenters. The van der Waals surface area contributed by atoms with Crippen molar-refractivity contribution in [3.63, 3.8) is 0 Å². The number of hydrogen-bond donors (Lipinski definition) is 0. The quantitative estimate of drug-likeness (QED) is 0.186. The molecule has 0 aliphatic carbocycles. The van der Waals surface area contributed by atoms with E-state index in [0.717, 1.165) is 33.8 Å². The largest absolute Gasteiger partial charge is 0.311 e. The number of benzene rings is 5. The van der Waals surface area contributed by atoms with Crippen molar-refractivity contribution in [2.24, 2.45) is 0 Å². The molecule has 0 spiro atoms. The van der Waals surface area contributed by atoms with Gasteiger partial charge in [0, 0.05) is 17.1 Å². The van der Waals surface area contributed by atoms with Crippen molar-refractivity contribution in [2.45, 2.75) is 52.4 Å². The van der Waals surface area contributed by atoms with Crippen molar-refractivity contribution in [3.8, 4) is 34.4 Å². The van der Waals surface area contributed by atoms with E-state index in [2.05, 4.69) is 144 Å². The van der Waals surface area contributed by atoms with Crippen molar-refractivity contribution < 1.29 is 0 Å². The van der Waals surface area contributed by atoms with Gasteiger partial charge in [-0.25, -0.2) is 0 Å². The van der Waals surface area contributed by atoms with E-state index in [1.54, 1.807) is 6.08 Å². The van der Waals surface area contributed by atoms with Crippen LogP contribution in [-0.2, 0) is 10.8 Å². The summed E-state index contributed by atoms with van der Waals surface area (Å²) in [4.78, 5) is 2.22. The fourth-order valence-corrected chi connectivity index (χ4v) is 5.35. The Morgan fingerprint density at radius 2 is 0.756 bits per heavy atom. The van der Waals surface area contributed by atoms with Gasteiger partial charge in [0.2, 0.25) is 0 Å². The van der Waals surface area contributed by atoms with Gasteiger partial charge in [-0.1, -0.05) is 126 Å². The SMILES string of the molecule is CC(C)(C)c1ccc(-c2ccc(N(c3ccc(C=C(C#N)C#N)cc3)c3ccc(-c4ccc(C(C)(C)C)cc4)cc3)cc2)cc1. The molecule has 0 aliphatic heterocycles. The fraction of sp³-hybridized carbons (Fsp3) is 0.190. The molecular formula is C42H39N3. The molecule has 0 radical (unpaired) electrons. The summed E-state index contributed by atoms with van der Waals surface area (Å²) in [5.41, 5.74) is 11.5. The van der Waals surface area contributed by atoms with Gasteiger partial charge in [-0.05, 0) is 92.2 Å². The molecule has 3 heteroatoms. The molecule has 0 amide bonds. The molecule has 0 saturated carbocycles. The number of rotatable bonds is 6. The Hall–Kier alpha value is -5.38. The van der Waals surface area contributed by atoms with E-state index in [1.165, 1.54) is 22.3 Å². The highest BCUT2D eigenvalue weighted by atomic mass is 15.1. The number of nitriles is 2. The third kappa shape index (κ3) is 7.23. The van der Waals surface area contributed by atoms with E-state index < -0.39 is 0 Å². The number of nitrogens with zero attached hydrogens (tertiary/aromatic N) is 3. The highest BCUT2D eigenvalue weighted by Crippen LogP contribution is 2.37. The average Bonchev–Trinajstić information content (AvgIpc) is 3.04. The molecule has 0 aliphatic rings. The first-order valence-corrected chi connectivity index (χ1v) is 15.3. The van der Waals surface area contributed by atoms with E-state index >= 15 is 0 Å². The van der Waals surface area contributed by atoms with Crippen LogP contribution in [0.3, 0.4) is 0 Å². The third-order valence-electron chi connectivity index (χ3n) is 8.12. The average molecular weight is 586 g/mol. The van der Waals surface area contributed by atoms with E-state index in [1.807, 2.05) is 36.4 Å². The van der Waals surface area contributed by atoms with Crippen molar-refractivity contribution in [3.05, 3.63) is 144 Å². The Morgan fingerprint density at radius 1 is 0.467 bits per heavy atom. The van der Waals surface area contributed by atoms with Crippen molar-refractivity contribution in [2.75, 3.05) is 4.90 Å². The Morgan fingerprint density at radius 3 is 1.04 bits per heavy atom. The van der Waals surface area contributed by atoms with Crippen LogP contribution in [0.25, 0.3) is 28.3 Å². The Labute approximate surface area is 268 Å². The van der Waals surface area contributed by atoms with Gasteiger partial charge in [0.1, 0.15) is 17.7 Å². The predicted octanol–water partition coefficient (Wildman–Crippen LogP) is 11.5. The molecule has 5 aromatic rings. The highest BCUT2D eigenvalue weighted by Gasteiger charge is 2.16. The number of hydrogen-bond acceptors (Lipinski definition) is 3. The number of allylic oxidation sites excluding steroid dienone is 1. The van der Waals surface area contributed by atoms with Gasteiger partial charge >= 0.3 is 0 Å². The van der Waals surface area contributed by atoms with Crippen LogP contribution in [0.4, 0.5) is 17.1 Å². The predicted molar refractivity (Wildman–Crippen MR) is 189 cm³/mol. The van der Waals surface area contributed by atoms with Crippen LogP contribution in [0, 0.1) is 22.7 Å². The Bertz CT molecular complexity index is 1750. The molecule has 0 atom stereocenters. The van der Waals surface area contributed by atoms with Crippen molar-refractivity contribution in [1.29, 1.82) is 10.5 Å². The van der Waals surface area contributed by atoms with E-state index in [4.69, 9.17) is 0 Å². The van der Waals surface area contributed by atoms with Crippen LogP contribution in [0.2, 0.25) is 0 Å². The van der Waals surface area contributed by atoms with Gasteiger partial charge in [-0.3, -0.25) is 0 Å². The second-order valence-electron chi connectivity index (χ2n) is 13.5. The molecule has 45 heavy (non-hydrogen) atoms. The summed E-state index contributed by atoms with van der Waals surface area (Å²) in [6.45, 7) is 13.4. The normalized spacial score (nSPS) is 11.3. The lowest BCUT2D eigenvalue weighted by molar-refractivity contribution is 0.590. The van der Waals surface area contributed by atoms with Gasteiger partial charge in [0.25, 0.3) is 0 Å². The molecular weight excluding hydrogens is 546 g/mol. The first-order chi connectivity index (χ1) is 21.5.